The molecule has 0 spiro atoms. The Morgan fingerprint density at radius 3 is 2.17 bits per heavy atom. The van der Waals surface area contributed by atoms with Crippen molar-refractivity contribution in [1.29, 1.82) is 0 Å². The average Bonchev–Trinajstić information content (AvgIpc) is 2.61. The van der Waals surface area contributed by atoms with Gasteiger partial charge in [0, 0.05) is 28.9 Å². The zero-order valence-electron chi connectivity index (χ0n) is 14.9. The molecule has 0 aromatic heterocycles. The van der Waals surface area contributed by atoms with E-state index in [2.05, 4.69) is 18.7 Å². The fourth-order valence-corrected chi connectivity index (χ4v) is 3.23. The molecule has 2 aromatic rings. The van der Waals surface area contributed by atoms with Gasteiger partial charge in [-0.1, -0.05) is 62.6 Å². The van der Waals surface area contributed by atoms with Crippen LogP contribution in [0.4, 0.5) is 0 Å². The second-order valence-electron chi connectivity index (χ2n) is 6.36. The number of carbonyl (C=O) groups excluding carboxylic acids is 1. The van der Waals surface area contributed by atoms with Gasteiger partial charge in [0.05, 0.1) is 0 Å². The molecule has 0 radical (unpaired) electrons. The molecular formula is C21H28ClNO. The predicted molar refractivity (Wildman–Crippen MR) is 104 cm³/mol. The molecule has 0 fully saturated rings. The second kappa shape index (κ2) is 9.80. The van der Waals surface area contributed by atoms with Gasteiger partial charge in [0.2, 0.25) is 0 Å². The molecule has 2 rings (SSSR count). The van der Waals surface area contributed by atoms with E-state index < -0.39 is 0 Å². The fourth-order valence-electron chi connectivity index (χ4n) is 3.00. The number of carbonyl (C=O) groups is 1. The second-order valence-corrected chi connectivity index (χ2v) is 6.77. The first-order valence-electron chi connectivity index (χ1n) is 9.10. The molecule has 0 heterocycles. The third kappa shape index (κ3) is 5.06. The Kier molecular flexibility index (Phi) is 7.74. The molecule has 3 heteroatoms. The minimum absolute atomic E-state index is 0.209. The van der Waals surface area contributed by atoms with Crippen LogP contribution in [0, 0.1) is 0 Å². The fraction of sp³-hybridized carbons (Fsp3) is 0.476. The molecule has 2 nitrogen and oxygen atoms in total. The molecule has 0 aliphatic heterocycles. The van der Waals surface area contributed by atoms with Crippen molar-refractivity contribution in [2.75, 3.05) is 19.6 Å². The quantitative estimate of drug-likeness (QED) is 0.494. The van der Waals surface area contributed by atoms with Gasteiger partial charge in [-0.15, -0.1) is 0 Å². The van der Waals surface area contributed by atoms with Gasteiger partial charge in [-0.25, -0.2) is 0 Å². The van der Waals surface area contributed by atoms with E-state index in [0.29, 0.717) is 11.4 Å². The van der Waals surface area contributed by atoms with Crippen molar-refractivity contribution in [2.24, 2.45) is 0 Å². The number of fused-ring (bicyclic) bond motifs is 1. The lowest BCUT2D eigenvalue weighted by Crippen LogP contribution is -2.28. The molecule has 0 N–H and O–H groups in total. The van der Waals surface area contributed by atoms with Gasteiger partial charge >= 0.3 is 0 Å². The zero-order chi connectivity index (χ0) is 17.4. The smallest absolute Gasteiger partial charge is 0.164 e. The van der Waals surface area contributed by atoms with Gasteiger partial charge in [0.15, 0.2) is 5.78 Å². The summed E-state index contributed by atoms with van der Waals surface area (Å²) in [5, 5.41) is 2.62. The lowest BCUT2D eigenvalue weighted by Gasteiger charge is -2.21. The van der Waals surface area contributed by atoms with Crippen LogP contribution < -0.4 is 0 Å². The monoisotopic (exact) mass is 345 g/mol. The van der Waals surface area contributed by atoms with Crippen LogP contribution >= 0.6 is 11.6 Å². The first kappa shape index (κ1) is 19.0. The number of ketones is 1. The largest absolute Gasteiger partial charge is 0.303 e. The molecule has 0 amide bonds. The van der Waals surface area contributed by atoms with Gasteiger partial charge in [-0.05, 0) is 43.5 Å². The Labute approximate surface area is 150 Å². The minimum atomic E-state index is 0.209. The van der Waals surface area contributed by atoms with Crippen molar-refractivity contribution in [3.8, 4) is 0 Å². The van der Waals surface area contributed by atoms with Crippen LogP contribution in [-0.2, 0) is 0 Å². The maximum Gasteiger partial charge on any atom is 0.164 e. The van der Waals surface area contributed by atoms with Crippen molar-refractivity contribution in [1.82, 2.24) is 4.90 Å². The minimum Gasteiger partial charge on any atom is -0.303 e. The van der Waals surface area contributed by atoms with Crippen LogP contribution in [0.3, 0.4) is 0 Å². The number of benzene rings is 2. The van der Waals surface area contributed by atoms with E-state index in [9.17, 15) is 4.79 Å². The zero-order valence-corrected chi connectivity index (χ0v) is 15.6. The molecule has 0 bridgehead atoms. The van der Waals surface area contributed by atoms with Crippen molar-refractivity contribution in [2.45, 2.75) is 46.0 Å². The Hall–Kier alpha value is -1.38. The van der Waals surface area contributed by atoms with Crippen molar-refractivity contribution >= 4 is 28.2 Å². The number of hydrogen-bond donors (Lipinski definition) is 0. The van der Waals surface area contributed by atoms with E-state index in [0.717, 1.165) is 36.0 Å². The molecule has 0 aliphatic carbocycles. The number of unbranched alkanes of at least 4 members (excludes halogenated alkanes) is 2. The van der Waals surface area contributed by atoms with Crippen LogP contribution in [0.25, 0.3) is 10.8 Å². The molecule has 0 unspecified atom stereocenters. The summed E-state index contributed by atoms with van der Waals surface area (Å²) in [4.78, 5) is 15.2. The Balaban J connectivity index is 2.07. The summed E-state index contributed by atoms with van der Waals surface area (Å²) in [6, 6.07) is 11.6. The van der Waals surface area contributed by atoms with E-state index in [1.54, 1.807) is 0 Å². The van der Waals surface area contributed by atoms with Crippen LogP contribution in [0.1, 0.15) is 56.3 Å². The highest BCUT2D eigenvalue weighted by Crippen LogP contribution is 2.27. The van der Waals surface area contributed by atoms with E-state index in [4.69, 9.17) is 11.6 Å². The van der Waals surface area contributed by atoms with Crippen molar-refractivity contribution in [3.05, 3.63) is 47.0 Å². The number of nitrogens with zero attached hydrogens (tertiary/aromatic N) is 1. The van der Waals surface area contributed by atoms with Gasteiger partial charge in [0.25, 0.3) is 0 Å². The first-order chi connectivity index (χ1) is 11.7. The molecule has 0 atom stereocenters. The van der Waals surface area contributed by atoms with Gasteiger partial charge in [-0.2, -0.15) is 0 Å². The number of rotatable bonds is 10. The van der Waals surface area contributed by atoms with Gasteiger partial charge in [-0.3, -0.25) is 4.79 Å². The summed E-state index contributed by atoms with van der Waals surface area (Å²) in [6.45, 7) is 7.44. The average molecular weight is 346 g/mol. The number of halogens is 1. The SMILES string of the molecule is CCCCN(CCCC)CCC(=O)c1ccc(Cl)c2ccccc12. The highest BCUT2D eigenvalue weighted by molar-refractivity contribution is 6.36. The summed E-state index contributed by atoms with van der Waals surface area (Å²) >= 11 is 6.26. The van der Waals surface area contributed by atoms with Crippen LogP contribution in [-0.4, -0.2) is 30.3 Å². The van der Waals surface area contributed by atoms with E-state index in [1.165, 1.54) is 25.7 Å². The summed E-state index contributed by atoms with van der Waals surface area (Å²) in [5.41, 5.74) is 0.793. The normalized spacial score (nSPS) is 11.3. The van der Waals surface area contributed by atoms with Gasteiger partial charge < -0.3 is 4.90 Å². The van der Waals surface area contributed by atoms with E-state index in [1.807, 2.05) is 36.4 Å². The van der Waals surface area contributed by atoms with Gasteiger partial charge in [0.1, 0.15) is 0 Å². The lowest BCUT2D eigenvalue weighted by atomic mass is 9.99. The molecule has 130 valence electrons. The maximum absolute atomic E-state index is 12.8. The standard InChI is InChI=1S/C21H28ClNO/c1-3-5-14-23(15-6-4-2)16-13-21(24)19-11-12-20(22)18-10-8-7-9-17(18)19/h7-12H,3-6,13-16H2,1-2H3. The molecular weight excluding hydrogens is 318 g/mol. The molecule has 2 aromatic carbocycles. The summed E-state index contributed by atoms with van der Waals surface area (Å²) in [7, 11) is 0. The highest BCUT2D eigenvalue weighted by Gasteiger charge is 2.13. The molecule has 0 aliphatic rings. The number of Topliss-reactive ketones (excluding diaryl/α,β-unsaturated/α-hetero) is 1. The molecule has 0 saturated carbocycles. The summed E-state index contributed by atoms with van der Waals surface area (Å²) in [5.74, 6) is 0.209. The summed E-state index contributed by atoms with van der Waals surface area (Å²) < 4.78 is 0. The van der Waals surface area contributed by atoms with E-state index >= 15 is 0 Å². The van der Waals surface area contributed by atoms with Crippen LogP contribution in [0.5, 0.6) is 0 Å². The highest BCUT2D eigenvalue weighted by atomic mass is 35.5. The third-order valence-electron chi connectivity index (χ3n) is 4.48. The third-order valence-corrected chi connectivity index (χ3v) is 4.81. The predicted octanol–water partition coefficient (Wildman–Crippen LogP) is 5.97. The Bertz CT molecular complexity index is 660. The number of hydrogen-bond acceptors (Lipinski definition) is 2. The molecule has 0 saturated heterocycles. The summed E-state index contributed by atoms with van der Waals surface area (Å²) in [6.07, 6.45) is 5.35. The van der Waals surface area contributed by atoms with Crippen molar-refractivity contribution < 1.29 is 4.79 Å². The first-order valence-corrected chi connectivity index (χ1v) is 9.48. The lowest BCUT2D eigenvalue weighted by molar-refractivity contribution is 0.0965. The maximum atomic E-state index is 12.8. The van der Waals surface area contributed by atoms with Crippen molar-refractivity contribution in [3.63, 3.8) is 0 Å². The van der Waals surface area contributed by atoms with Crippen LogP contribution in [0.2, 0.25) is 5.02 Å². The van der Waals surface area contributed by atoms with Crippen LogP contribution in [0.15, 0.2) is 36.4 Å². The molecule has 24 heavy (non-hydrogen) atoms. The Morgan fingerprint density at radius 2 is 1.54 bits per heavy atom. The van der Waals surface area contributed by atoms with E-state index in [-0.39, 0.29) is 5.78 Å². The topological polar surface area (TPSA) is 20.3 Å². The Morgan fingerprint density at radius 1 is 0.917 bits per heavy atom.